The summed E-state index contributed by atoms with van der Waals surface area (Å²) in [5.41, 5.74) is 5.23. The van der Waals surface area contributed by atoms with Crippen LogP contribution in [0.3, 0.4) is 0 Å². The Balaban J connectivity index is 2.39. The van der Waals surface area contributed by atoms with Crippen LogP contribution in [0.1, 0.15) is 11.8 Å². The molecule has 2 rings (SSSR count). The predicted molar refractivity (Wildman–Crippen MR) is 59.5 cm³/mol. The number of anilines is 1. The molecule has 1 aliphatic rings. The topological polar surface area (TPSA) is 111 Å². The van der Waals surface area contributed by atoms with Gasteiger partial charge in [-0.25, -0.2) is 9.18 Å². The Labute approximate surface area is 102 Å². The van der Waals surface area contributed by atoms with Gasteiger partial charge in [0.05, 0.1) is 6.61 Å². The van der Waals surface area contributed by atoms with E-state index < -0.39 is 36.9 Å². The van der Waals surface area contributed by atoms with Crippen molar-refractivity contribution in [1.29, 1.82) is 0 Å². The molecule has 0 aromatic carbocycles. The first-order chi connectivity index (χ1) is 8.45. The number of alkyl halides is 1. The van der Waals surface area contributed by atoms with Crippen LogP contribution < -0.4 is 11.4 Å². The van der Waals surface area contributed by atoms with Crippen LogP contribution in [0.5, 0.6) is 0 Å². The number of aliphatic hydroxyl groups excluding tert-OH is 2. The molecule has 4 unspecified atom stereocenters. The molecule has 2 heterocycles. The van der Waals surface area contributed by atoms with Crippen molar-refractivity contribution in [3.8, 4) is 0 Å². The Bertz CT molecular complexity index is 506. The molecule has 1 aromatic rings. The second kappa shape index (κ2) is 4.63. The monoisotopic (exact) mass is 259 g/mol. The van der Waals surface area contributed by atoms with Gasteiger partial charge in [0.2, 0.25) is 0 Å². The van der Waals surface area contributed by atoms with Crippen molar-refractivity contribution < 1.29 is 19.3 Å². The normalized spacial score (nSPS) is 31.8. The molecule has 0 saturated carbocycles. The van der Waals surface area contributed by atoms with E-state index in [9.17, 15) is 14.3 Å². The molecule has 4 atom stereocenters. The number of nitrogens with two attached hydrogens (primary N) is 1. The van der Waals surface area contributed by atoms with Gasteiger partial charge in [-0.15, -0.1) is 0 Å². The van der Waals surface area contributed by atoms with Crippen molar-refractivity contribution in [1.82, 2.24) is 9.55 Å². The SMILES string of the molecule is Cc1cn(C2OC(CO)C(F)C2O)c(=O)nc1N. The van der Waals surface area contributed by atoms with E-state index in [1.807, 2.05) is 0 Å². The van der Waals surface area contributed by atoms with Crippen LogP contribution in [0, 0.1) is 6.92 Å². The van der Waals surface area contributed by atoms with Crippen LogP contribution in [-0.2, 0) is 4.74 Å². The van der Waals surface area contributed by atoms with Gasteiger partial charge in [-0.05, 0) is 6.92 Å². The number of ether oxygens (including phenoxy) is 1. The van der Waals surface area contributed by atoms with E-state index in [4.69, 9.17) is 15.6 Å². The lowest BCUT2D eigenvalue weighted by molar-refractivity contribution is -0.0537. The summed E-state index contributed by atoms with van der Waals surface area (Å²) in [7, 11) is 0. The van der Waals surface area contributed by atoms with Gasteiger partial charge < -0.3 is 20.7 Å². The fourth-order valence-electron chi connectivity index (χ4n) is 1.85. The third-order valence-corrected chi connectivity index (χ3v) is 2.92. The highest BCUT2D eigenvalue weighted by atomic mass is 19.1. The zero-order valence-electron chi connectivity index (χ0n) is 9.65. The number of aromatic nitrogens is 2. The summed E-state index contributed by atoms with van der Waals surface area (Å²) in [5, 5.41) is 18.6. The summed E-state index contributed by atoms with van der Waals surface area (Å²) < 4.78 is 19.6. The number of hydrogen-bond donors (Lipinski definition) is 3. The minimum atomic E-state index is -1.76. The predicted octanol–water partition coefficient (Wildman–Crippen LogP) is -1.28. The molecule has 0 amide bonds. The van der Waals surface area contributed by atoms with Crippen LogP contribution >= 0.6 is 0 Å². The highest BCUT2D eigenvalue weighted by Gasteiger charge is 2.45. The average Bonchev–Trinajstić information content (AvgIpc) is 2.61. The Morgan fingerprint density at radius 3 is 2.89 bits per heavy atom. The first-order valence-corrected chi connectivity index (χ1v) is 5.39. The summed E-state index contributed by atoms with van der Waals surface area (Å²) in [5.74, 6) is 0.0687. The van der Waals surface area contributed by atoms with E-state index in [1.54, 1.807) is 6.92 Å². The molecular formula is C10H14FN3O4. The van der Waals surface area contributed by atoms with Crippen LogP contribution in [0.25, 0.3) is 0 Å². The van der Waals surface area contributed by atoms with Gasteiger partial charge in [-0.1, -0.05) is 0 Å². The van der Waals surface area contributed by atoms with Crippen LogP contribution in [0.2, 0.25) is 0 Å². The van der Waals surface area contributed by atoms with E-state index in [0.717, 1.165) is 4.57 Å². The van der Waals surface area contributed by atoms with Crippen molar-refractivity contribution in [2.24, 2.45) is 0 Å². The molecule has 1 saturated heterocycles. The van der Waals surface area contributed by atoms with Crippen LogP contribution in [-0.4, -0.2) is 44.8 Å². The molecule has 7 nitrogen and oxygen atoms in total. The van der Waals surface area contributed by atoms with Crippen LogP contribution in [0.15, 0.2) is 11.0 Å². The summed E-state index contributed by atoms with van der Waals surface area (Å²) in [6, 6.07) is 0. The molecule has 100 valence electrons. The highest BCUT2D eigenvalue weighted by Crippen LogP contribution is 2.30. The average molecular weight is 259 g/mol. The maximum absolute atomic E-state index is 13.5. The number of halogens is 1. The van der Waals surface area contributed by atoms with Crippen molar-refractivity contribution >= 4 is 5.82 Å². The number of nitrogen functional groups attached to an aromatic ring is 1. The Kier molecular flexibility index (Phi) is 3.33. The van der Waals surface area contributed by atoms with E-state index >= 15 is 0 Å². The fourth-order valence-corrected chi connectivity index (χ4v) is 1.85. The van der Waals surface area contributed by atoms with Gasteiger partial charge in [0.25, 0.3) is 0 Å². The highest BCUT2D eigenvalue weighted by molar-refractivity contribution is 5.35. The van der Waals surface area contributed by atoms with Crippen molar-refractivity contribution in [3.63, 3.8) is 0 Å². The molecule has 1 aliphatic heterocycles. The van der Waals surface area contributed by atoms with E-state index in [0.29, 0.717) is 5.56 Å². The Morgan fingerprint density at radius 2 is 2.33 bits per heavy atom. The third-order valence-electron chi connectivity index (χ3n) is 2.92. The van der Waals surface area contributed by atoms with Crippen molar-refractivity contribution in [3.05, 3.63) is 22.2 Å². The lowest BCUT2D eigenvalue weighted by Gasteiger charge is -2.17. The number of nitrogens with zero attached hydrogens (tertiary/aromatic N) is 2. The maximum Gasteiger partial charge on any atom is 0.351 e. The summed E-state index contributed by atoms with van der Waals surface area (Å²) in [4.78, 5) is 15.2. The van der Waals surface area contributed by atoms with Gasteiger partial charge in [-0.3, -0.25) is 4.57 Å². The number of aryl methyl sites for hydroxylation is 1. The van der Waals surface area contributed by atoms with Crippen LogP contribution in [0.4, 0.5) is 10.2 Å². The van der Waals surface area contributed by atoms with E-state index in [-0.39, 0.29) is 5.82 Å². The smallest absolute Gasteiger partial charge is 0.351 e. The lowest BCUT2D eigenvalue weighted by Crippen LogP contribution is -2.34. The molecule has 8 heteroatoms. The molecule has 0 aliphatic carbocycles. The van der Waals surface area contributed by atoms with E-state index in [2.05, 4.69) is 4.98 Å². The molecule has 0 bridgehead atoms. The summed E-state index contributed by atoms with van der Waals surface area (Å²) >= 11 is 0. The van der Waals surface area contributed by atoms with Gasteiger partial charge in [0, 0.05) is 11.8 Å². The molecule has 0 radical (unpaired) electrons. The minimum absolute atomic E-state index is 0.0687. The number of rotatable bonds is 2. The first kappa shape index (κ1) is 12.9. The fraction of sp³-hybridized carbons (Fsp3) is 0.600. The van der Waals surface area contributed by atoms with Crippen molar-refractivity contribution in [2.75, 3.05) is 12.3 Å². The number of aliphatic hydroxyl groups is 2. The minimum Gasteiger partial charge on any atom is -0.394 e. The standard InChI is InChI=1S/C10H14FN3O4/c1-4-2-14(10(17)13-8(4)12)9-7(16)6(11)5(3-15)18-9/h2,5-7,9,15-16H,3H2,1H3,(H2,12,13,17). The summed E-state index contributed by atoms with van der Waals surface area (Å²) in [6.45, 7) is 1.04. The Hall–Kier alpha value is -1.51. The van der Waals surface area contributed by atoms with Gasteiger partial charge in [0.1, 0.15) is 18.0 Å². The lowest BCUT2D eigenvalue weighted by atomic mass is 10.1. The second-order valence-corrected chi connectivity index (χ2v) is 4.18. The second-order valence-electron chi connectivity index (χ2n) is 4.18. The molecule has 0 spiro atoms. The van der Waals surface area contributed by atoms with E-state index in [1.165, 1.54) is 6.20 Å². The Morgan fingerprint density at radius 1 is 1.67 bits per heavy atom. The van der Waals surface area contributed by atoms with Gasteiger partial charge >= 0.3 is 5.69 Å². The van der Waals surface area contributed by atoms with Gasteiger partial charge in [0.15, 0.2) is 12.4 Å². The molecule has 4 N–H and O–H groups in total. The largest absolute Gasteiger partial charge is 0.394 e. The number of hydrogen-bond acceptors (Lipinski definition) is 6. The maximum atomic E-state index is 13.5. The zero-order valence-corrected chi connectivity index (χ0v) is 9.65. The molecule has 18 heavy (non-hydrogen) atoms. The molecular weight excluding hydrogens is 245 g/mol. The third kappa shape index (κ3) is 1.98. The first-order valence-electron chi connectivity index (χ1n) is 5.39. The molecule has 1 fully saturated rings. The zero-order chi connectivity index (χ0) is 13.4. The van der Waals surface area contributed by atoms with Gasteiger partial charge in [-0.2, -0.15) is 4.98 Å². The quantitative estimate of drug-likeness (QED) is 0.610. The molecule has 1 aromatic heterocycles. The van der Waals surface area contributed by atoms with Crippen molar-refractivity contribution in [2.45, 2.75) is 31.5 Å². The summed E-state index contributed by atoms with van der Waals surface area (Å²) in [6.07, 6.45) is -4.33.